The highest BCUT2D eigenvalue weighted by atomic mass is 32.2. The minimum absolute atomic E-state index is 0.0397. The minimum Gasteiger partial charge on any atom is -0.495 e. The van der Waals surface area contributed by atoms with Crippen LogP contribution >= 0.6 is 0 Å². The number of nitro groups is 1. The smallest absolute Gasteiger partial charge is 0.273 e. The first-order valence-corrected chi connectivity index (χ1v) is 8.79. The molecule has 0 aliphatic carbocycles. The van der Waals surface area contributed by atoms with E-state index in [9.17, 15) is 18.5 Å². The predicted octanol–water partition coefficient (Wildman–Crippen LogP) is 1.27. The highest BCUT2D eigenvalue weighted by Gasteiger charge is 2.30. The predicted molar refractivity (Wildman–Crippen MR) is 85.0 cm³/mol. The Hall–Kier alpha value is -1.71. The first kappa shape index (κ1) is 17.6. The molecule has 0 unspecified atom stereocenters. The van der Waals surface area contributed by atoms with Gasteiger partial charge in [-0.3, -0.25) is 10.1 Å². The fraction of sp³-hybridized carbons (Fsp3) is 0.571. The van der Waals surface area contributed by atoms with E-state index in [2.05, 4.69) is 10.0 Å². The van der Waals surface area contributed by atoms with Crippen molar-refractivity contribution in [1.29, 1.82) is 0 Å². The van der Waals surface area contributed by atoms with Gasteiger partial charge < -0.3 is 10.1 Å². The molecule has 1 aliphatic heterocycles. The van der Waals surface area contributed by atoms with E-state index in [0.29, 0.717) is 6.54 Å². The van der Waals surface area contributed by atoms with Crippen LogP contribution in [0.5, 0.6) is 5.75 Å². The van der Waals surface area contributed by atoms with Crippen LogP contribution in [0.15, 0.2) is 23.1 Å². The summed E-state index contributed by atoms with van der Waals surface area (Å²) < 4.78 is 32.6. The second kappa shape index (κ2) is 6.81. The lowest BCUT2D eigenvalue weighted by molar-refractivity contribution is -0.385. The quantitative estimate of drug-likeness (QED) is 0.594. The van der Waals surface area contributed by atoms with Gasteiger partial charge in [-0.05, 0) is 37.4 Å². The second-order valence-electron chi connectivity index (χ2n) is 5.98. The molecule has 0 aromatic heterocycles. The fourth-order valence-electron chi connectivity index (χ4n) is 2.55. The van der Waals surface area contributed by atoms with Crippen LogP contribution in [0, 0.1) is 15.5 Å². The summed E-state index contributed by atoms with van der Waals surface area (Å²) >= 11 is 0. The molecule has 8 nitrogen and oxygen atoms in total. The number of nitrogens with zero attached hydrogens (tertiary/aromatic N) is 1. The maximum atomic E-state index is 12.5. The van der Waals surface area contributed by atoms with Gasteiger partial charge in [-0.1, -0.05) is 6.92 Å². The van der Waals surface area contributed by atoms with E-state index in [1.807, 2.05) is 6.92 Å². The molecule has 2 N–H and O–H groups in total. The third-order valence-corrected chi connectivity index (χ3v) is 5.59. The van der Waals surface area contributed by atoms with E-state index >= 15 is 0 Å². The Balaban J connectivity index is 2.20. The molecule has 1 fully saturated rings. The van der Waals surface area contributed by atoms with Gasteiger partial charge in [0.25, 0.3) is 5.69 Å². The van der Waals surface area contributed by atoms with Gasteiger partial charge in [0.2, 0.25) is 10.0 Å². The molecule has 23 heavy (non-hydrogen) atoms. The van der Waals surface area contributed by atoms with Crippen LogP contribution in [0.25, 0.3) is 0 Å². The standard InChI is InChI=1S/C14H21N3O5S/c1-14(5-7-15-8-6-14)10-16-23(20,21)13-4-3-11(17(18)19)9-12(13)22-2/h3-4,9,15-16H,5-8,10H2,1-2H3. The van der Waals surface area contributed by atoms with Gasteiger partial charge in [0.15, 0.2) is 0 Å². The largest absolute Gasteiger partial charge is 0.495 e. The van der Waals surface area contributed by atoms with E-state index < -0.39 is 14.9 Å². The Morgan fingerprint density at radius 1 is 1.39 bits per heavy atom. The van der Waals surface area contributed by atoms with Crippen molar-refractivity contribution in [3.05, 3.63) is 28.3 Å². The number of methoxy groups -OCH3 is 1. The number of nitro benzene ring substituents is 1. The Labute approximate surface area is 135 Å². The second-order valence-corrected chi connectivity index (χ2v) is 7.71. The number of nitrogens with one attached hydrogen (secondary N) is 2. The summed E-state index contributed by atoms with van der Waals surface area (Å²) in [5.74, 6) is -0.0397. The number of non-ortho nitro benzene ring substituents is 1. The van der Waals surface area contributed by atoms with Gasteiger partial charge in [-0.25, -0.2) is 13.1 Å². The number of piperidine rings is 1. The Kier molecular flexibility index (Phi) is 5.23. The van der Waals surface area contributed by atoms with Crippen molar-refractivity contribution in [1.82, 2.24) is 10.0 Å². The molecule has 9 heteroatoms. The zero-order valence-corrected chi connectivity index (χ0v) is 14.0. The van der Waals surface area contributed by atoms with Gasteiger partial charge in [-0.2, -0.15) is 0 Å². The van der Waals surface area contributed by atoms with Crippen molar-refractivity contribution in [2.24, 2.45) is 5.41 Å². The third-order valence-electron chi connectivity index (χ3n) is 4.15. The van der Waals surface area contributed by atoms with Crippen LogP contribution in [0.1, 0.15) is 19.8 Å². The fourth-order valence-corrected chi connectivity index (χ4v) is 3.89. The van der Waals surface area contributed by atoms with Gasteiger partial charge in [0.05, 0.1) is 18.1 Å². The van der Waals surface area contributed by atoms with Crippen LogP contribution in [0.2, 0.25) is 0 Å². The average molecular weight is 343 g/mol. The van der Waals surface area contributed by atoms with E-state index in [-0.39, 0.29) is 21.7 Å². The highest BCUT2D eigenvalue weighted by molar-refractivity contribution is 7.89. The first-order chi connectivity index (χ1) is 10.8. The van der Waals surface area contributed by atoms with Crippen molar-refractivity contribution in [2.75, 3.05) is 26.7 Å². The molecule has 0 amide bonds. The first-order valence-electron chi connectivity index (χ1n) is 7.30. The molecule has 0 saturated carbocycles. The monoisotopic (exact) mass is 343 g/mol. The number of hydrogen-bond donors (Lipinski definition) is 2. The van der Waals surface area contributed by atoms with Crippen LogP contribution in [0.4, 0.5) is 5.69 Å². The van der Waals surface area contributed by atoms with Crippen molar-refractivity contribution in [3.8, 4) is 5.75 Å². The molecule has 1 aromatic carbocycles. The molecule has 1 aromatic rings. The molecule has 0 bridgehead atoms. The van der Waals surface area contributed by atoms with Crippen molar-refractivity contribution < 1.29 is 18.1 Å². The maximum absolute atomic E-state index is 12.5. The topological polar surface area (TPSA) is 111 Å². The number of sulfonamides is 1. The van der Waals surface area contributed by atoms with Crippen molar-refractivity contribution in [2.45, 2.75) is 24.7 Å². The summed E-state index contributed by atoms with van der Waals surface area (Å²) in [5, 5.41) is 14.0. The molecular weight excluding hydrogens is 322 g/mol. The maximum Gasteiger partial charge on any atom is 0.273 e. The van der Waals surface area contributed by atoms with Crippen LogP contribution in [-0.2, 0) is 10.0 Å². The molecule has 0 spiro atoms. The van der Waals surface area contributed by atoms with Crippen LogP contribution in [0.3, 0.4) is 0 Å². The summed E-state index contributed by atoms with van der Waals surface area (Å²) in [6, 6.07) is 3.47. The van der Waals surface area contributed by atoms with Crippen LogP contribution < -0.4 is 14.8 Å². The number of benzene rings is 1. The van der Waals surface area contributed by atoms with Crippen molar-refractivity contribution >= 4 is 15.7 Å². The SMILES string of the molecule is COc1cc([N+](=O)[O-])ccc1S(=O)(=O)NCC1(C)CCNCC1. The van der Waals surface area contributed by atoms with Gasteiger partial charge in [0, 0.05) is 12.6 Å². The summed E-state index contributed by atoms with van der Waals surface area (Å²) in [7, 11) is -2.52. The number of hydrogen-bond acceptors (Lipinski definition) is 6. The summed E-state index contributed by atoms with van der Waals surface area (Å²) in [6.07, 6.45) is 1.76. The summed E-state index contributed by atoms with van der Waals surface area (Å²) in [5.41, 5.74) is -0.321. The third kappa shape index (κ3) is 4.18. The highest BCUT2D eigenvalue weighted by Crippen LogP contribution is 2.30. The Bertz CT molecular complexity index is 684. The number of rotatable bonds is 6. The Morgan fingerprint density at radius 2 is 2.04 bits per heavy atom. The van der Waals surface area contributed by atoms with E-state index in [4.69, 9.17) is 4.74 Å². The van der Waals surface area contributed by atoms with Crippen molar-refractivity contribution in [3.63, 3.8) is 0 Å². The van der Waals surface area contributed by atoms with Crippen LogP contribution in [-0.4, -0.2) is 40.1 Å². The van der Waals surface area contributed by atoms with E-state index in [0.717, 1.165) is 38.1 Å². The molecule has 2 rings (SSSR count). The molecule has 0 atom stereocenters. The molecule has 0 radical (unpaired) electrons. The lowest BCUT2D eigenvalue weighted by atomic mass is 9.81. The zero-order valence-electron chi connectivity index (χ0n) is 13.2. The summed E-state index contributed by atoms with van der Waals surface area (Å²) in [6.45, 7) is 4.08. The van der Waals surface area contributed by atoms with E-state index in [1.54, 1.807) is 0 Å². The zero-order chi connectivity index (χ0) is 17.1. The lowest BCUT2D eigenvalue weighted by Gasteiger charge is -2.34. The number of ether oxygens (including phenoxy) is 1. The van der Waals surface area contributed by atoms with Gasteiger partial charge in [-0.15, -0.1) is 0 Å². The average Bonchev–Trinajstić information content (AvgIpc) is 2.53. The molecule has 128 valence electrons. The van der Waals surface area contributed by atoms with Gasteiger partial charge in [0.1, 0.15) is 10.6 Å². The molecular formula is C14H21N3O5S. The molecule has 1 saturated heterocycles. The Morgan fingerprint density at radius 3 is 2.61 bits per heavy atom. The lowest BCUT2D eigenvalue weighted by Crippen LogP contribution is -2.42. The van der Waals surface area contributed by atoms with Gasteiger partial charge >= 0.3 is 0 Å². The molecule has 1 aliphatic rings. The van der Waals surface area contributed by atoms with E-state index in [1.165, 1.54) is 13.2 Å². The summed E-state index contributed by atoms with van der Waals surface area (Å²) in [4.78, 5) is 10.1. The normalized spacial score (nSPS) is 17.7. The minimum atomic E-state index is -3.80. The molecule has 1 heterocycles.